The van der Waals surface area contributed by atoms with Crippen molar-refractivity contribution >= 4 is 11.9 Å². The third-order valence-electron chi connectivity index (χ3n) is 12.4. The van der Waals surface area contributed by atoms with Crippen LogP contribution in [0.5, 0.6) is 0 Å². The quantitative estimate of drug-likeness (QED) is 0.0244. The van der Waals surface area contributed by atoms with Gasteiger partial charge in [-0.1, -0.05) is 265 Å². The maximum Gasteiger partial charge on any atom is 0.306 e. The SMILES string of the molecule is CC/C=C\C/C=C\C/C=C\C/C=C\C/C=C\C/C=C\C(CC(=O)NC(CO)C(O)CCCCCCCCCCCCCCCCC)OC(=O)CCCCCCC/C=C/C=C/C=C/CCCCCCC. The summed E-state index contributed by atoms with van der Waals surface area (Å²) in [5.41, 5.74) is 0. The van der Waals surface area contributed by atoms with Gasteiger partial charge in [-0.15, -0.1) is 0 Å². The first-order valence-corrected chi connectivity index (χ1v) is 28.7. The fourth-order valence-corrected chi connectivity index (χ4v) is 8.08. The van der Waals surface area contributed by atoms with Gasteiger partial charge in [-0.3, -0.25) is 9.59 Å². The Morgan fingerprint density at radius 3 is 1.29 bits per heavy atom. The average Bonchev–Trinajstić information content (AvgIpc) is 3.34. The molecule has 3 unspecified atom stereocenters. The fourth-order valence-electron chi connectivity index (χ4n) is 8.08. The maximum absolute atomic E-state index is 13.2. The maximum atomic E-state index is 13.2. The zero-order valence-corrected chi connectivity index (χ0v) is 44.9. The van der Waals surface area contributed by atoms with Gasteiger partial charge >= 0.3 is 5.97 Å². The topological polar surface area (TPSA) is 95.9 Å². The number of nitrogens with one attached hydrogen (secondary N) is 1. The summed E-state index contributed by atoms with van der Waals surface area (Å²) in [5, 5.41) is 23.8. The Balaban J connectivity index is 4.78. The van der Waals surface area contributed by atoms with Crippen molar-refractivity contribution in [1.29, 1.82) is 0 Å². The Morgan fingerprint density at radius 1 is 0.464 bits per heavy atom. The van der Waals surface area contributed by atoms with Crippen molar-refractivity contribution in [3.63, 3.8) is 0 Å². The highest BCUT2D eigenvalue weighted by molar-refractivity contribution is 5.78. The molecule has 0 aromatic rings. The second-order valence-corrected chi connectivity index (χ2v) is 19.0. The summed E-state index contributed by atoms with van der Waals surface area (Å²) in [6, 6.07) is -0.755. The van der Waals surface area contributed by atoms with Crippen LogP contribution in [0.3, 0.4) is 0 Å². The predicted octanol–water partition coefficient (Wildman–Crippen LogP) is 17.8. The average molecular weight is 959 g/mol. The first-order chi connectivity index (χ1) is 34.0. The first kappa shape index (κ1) is 65.5. The molecular formula is C63H107NO5. The van der Waals surface area contributed by atoms with Gasteiger partial charge in [0.2, 0.25) is 5.91 Å². The van der Waals surface area contributed by atoms with Crippen molar-refractivity contribution in [2.45, 2.75) is 270 Å². The molecule has 0 aliphatic rings. The van der Waals surface area contributed by atoms with Crippen molar-refractivity contribution < 1.29 is 24.5 Å². The molecule has 0 saturated heterocycles. The molecule has 69 heavy (non-hydrogen) atoms. The van der Waals surface area contributed by atoms with Gasteiger partial charge in [0.1, 0.15) is 6.10 Å². The number of carbonyl (C=O) groups is 2. The van der Waals surface area contributed by atoms with Crippen LogP contribution in [0.4, 0.5) is 0 Å². The molecule has 0 aliphatic carbocycles. The zero-order chi connectivity index (χ0) is 50.2. The summed E-state index contributed by atoms with van der Waals surface area (Å²) in [6.45, 7) is 6.32. The van der Waals surface area contributed by atoms with Crippen LogP contribution >= 0.6 is 0 Å². The van der Waals surface area contributed by atoms with E-state index in [9.17, 15) is 19.8 Å². The molecule has 1 amide bonds. The van der Waals surface area contributed by atoms with E-state index in [-0.39, 0.29) is 24.9 Å². The summed E-state index contributed by atoms with van der Waals surface area (Å²) < 4.78 is 5.84. The number of carbonyl (C=O) groups excluding carboxylic acids is 2. The Kier molecular flexibility index (Phi) is 52.7. The Morgan fingerprint density at radius 2 is 0.855 bits per heavy atom. The molecule has 0 saturated carbocycles. The van der Waals surface area contributed by atoms with Gasteiger partial charge in [0.15, 0.2) is 0 Å². The Labute approximate surface area is 426 Å². The number of unbranched alkanes of at least 4 members (excludes halogenated alkanes) is 24. The van der Waals surface area contributed by atoms with Crippen LogP contribution in [0, 0.1) is 0 Å². The Hall–Kier alpha value is -3.48. The molecule has 0 fully saturated rings. The monoisotopic (exact) mass is 958 g/mol. The molecular weight excluding hydrogens is 851 g/mol. The standard InChI is InChI=1S/C63H107NO5/c1-4-7-10-13-16-19-22-25-28-30-32-35-38-41-44-47-50-53-56-63(68)69-59(54-51-48-45-42-39-36-34-31-29-26-23-20-17-14-11-8-5-2)57-62(67)64-60(58-65)61(66)55-52-49-46-43-40-37-33-27-24-21-18-15-12-9-6-3/h8,11,17,20,22,25-26,28-30,32,34-36,42,45,51,54,59-61,65-66H,4-7,9-10,12-16,18-19,21,23-24,27,31,33,37-41,43-44,46-50,52-53,55-58H2,1-3H3,(H,64,67)/b11-8-,20-17-,25-22+,29-26-,30-28+,35-32+,36-34-,45-42-,54-51-. The van der Waals surface area contributed by atoms with Crippen LogP contribution in [0.1, 0.15) is 252 Å². The molecule has 0 radical (unpaired) electrons. The molecule has 0 bridgehead atoms. The highest BCUT2D eigenvalue weighted by atomic mass is 16.5. The van der Waals surface area contributed by atoms with E-state index in [0.29, 0.717) is 19.3 Å². The third kappa shape index (κ3) is 50.7. The first-order valence-electron chi connectivity index (χ1n) is 28.7. The van der Waals surface area contributed by atoms with Gasteiger partial charge in [-0.05, 0) is 83.1 Å². The minimum Gasteiger partial charge on any atom is -0.458 e. The number of aliphatic hydroxyl groups excluding tert-OH is 2. The van der Waals surface area contributed by atoms with Gasteiger partial charge in [-0.2, -0.15) is 0 Å². The molecule has 394 valence electrons. The van der Waals surface area contributed by atoms with Crippen molar-refractivity contribution in [3.05, 3.63) is 109 Å². The van der Waals surface area contributed by atoms with Crippen molar-refractivity contribution in [2.24, 2.45) is 0 Å². The number of allylic oxidation sites excluding steroid dienone is 17. The summed E-state index contributed by atoms with van der Waals surface area (Å²) in [7, 11) is 0. The van der Waals surface area contributed by atoms with E-state index in [0.717, 1.165) is 96.3 Å². The second kappa shape index (κ2) is 55.4. The normalized spacial score (nSPS) is 14.0. The Bertz CT molecular complexity index is 1400. The lowest BCUT2D eigenvalue weighted by Crippen LogP contribution is -2.46. The van der Waals surface area contributed by atoms with Crippen LogP contribution in [-0.4, -0.2) is 46.9 Å². The predicted molar refractivity (Wildman–Crippen MR) is 300 cm³/mol. The molecule has 0 aromatic carbocycles. The molecule has 6 heteroatoms. The minimum atomic E-state index is -0.831. The number of rotatable bonds is 50. The van der Waals surface area contributed by atoms with Gasteiger partial charge < -0.3 is 20.3 Å². The smallest absolute Gasteiger partial charge is 0.306 e. The molecule has 6 nitrogen and oxygen atoms in total. The van der Waals surface area contributed by atoms with E-state index in [1.165, 1.54) is 109 Å². The van der Waals surface area contributed by atoms with Crippen LogP contribution in [0.15, 0.2) is 109 Å². The lowest BCUT2D eigenvalue weighted by molar-refractivity contribution is -0.148. The largest absolute Gasteiger partial charge is 0.458 e. The highest BCUT2D eigenvalue weighted by Gasteiger charge is 2.23. The van der Waals surface area contributed by atoms with Gasteiger partial charge in [0.25, 0.3) is 0 Å². The molecule has 0 aromatic heterocycles. The summed E-state index contributed by atoms with van der Waals surface area (Å²) in [5.74, 6) is -0.657. The summed E-state index contributed by atoms with van der Waals surface area (Å²) >= 11 is 0. The molecule has 3 N–H and O–H groups in total. The number of hydrogen-bond acceptors (Lipinski definition) is 5. The van der Waals surface area contributed by atoms with E-state index < -0.39 is 18.2 Å². The highest BCUT2D eigenvalue weighted by Crippen LogP contribution is 2.16. The third-order valence-corrected chi connectivity index (χ3v) is 12.4. The van der Waals surface area contributed by atoms with E-state index in [1.807, 2.05) is 6.08 Å². The van der Waals surface area contributed by atoms with Gasteiger partial charge in [0.05, 0.1) is 25.2 Å². The molecule has 0 aliphatic heterocycles. The van der Waals surface area contributed by atoms with E-state index in [1.54, 1.807) is 6.08 Å². The van der Waals surface area contributed by atoms with Crippen molar-refractivity contribution in [1.82, 2.24) is 5.32 Å². The van der Waals surface area contributed by atoms with Gasteiger partial charge in [0, 0.05) is 6.42 Å². The molecule has 0 spiro atoms. The molecule has 3 atom stereocenters. The van der Waals surface area contributed by atoms with Crippen LogP contribution in [0.25, 0.3) is 0 Å². The van der Waals surface area contributed by atoms with Gasteiger partial charge in [-0.25, -0.2) is 0 Å². The summed E-state index contributed by atoms with van der Waals surface area (Å²) in [4.78, 5) is 26.2. The van der Waals surface area contributed by atoms with Crippen LogP contribution in [-0.2, 0) is 14.3 Å². The number of esters is 1. The second-order valence-electron chi connectivity index (χ2n) is 19.0. The van der Waals surface area contributed by atoms with Crippen molar-refractivity contribution in [3.8, 4) is 0 Å². The number of hydrogen-bond donors (Lipinski definition) is 3. The molecule has 0 rings (SSSR count). The lowest BCUT2D eigenvalue weighted by Gasteiger charge is -2.23. The fraction of sp³-hybridized carbons (Fsp3) is 0.683. The number of amides is 1. The zero-order valence-electron chi connectivity index (χ0n) is 44.9. The lowest BCUT2D eigenvalue weighted by atomic mass is 10.0. The number of ether oxygens (including phenoxy) is 1. The molecule has 0 heterocycles. The van der Waals surface area contributed by atoms with Crippen molar-refractivity contribution in [2.75, 3.05) is 6.61 Å². The summed E-state index contributed by atoms with van der Waals surface area (Å²) in [6.07, 6.45) is 76.1. The van der Waals surface area contributed by atoms with E-state index >= 15 is 0 Å². The number of aliphatic hydroxyl groups is 2. The van der Waals surface area contributed by atoms with E-state index in [2.05, 4.69) is 123 Å². The minimum absolute atomic E-state index is 0.0613. The van der Waals surface area contributed by atoms with Crippen LogP contribution in [0.2, 0.25) is 0 Å². The van der Waals surface area contributed by atoms with E-state index in [4.69, 9.17) is 4.74 Å². The van der Waals surface area contributed by atoms with Crippen LogP contribution < -0.4 is 5.32 Å².